The lowest BCUT2D eigenvalue weighted by molar-refractivity contribution is 0.592. The standard InChI is InChI=1S/C34H22N3OP/c38-39(24-12-3-1-4-13-24,25-14-5-2-6-15-25)26-19-20-32-30(22-26)36-34-28-21-23-11-7-9-17-29(23)35-33(28)27-16-8-10-18-31(27)37(32)34/h1-22H. The van der Waals surface area contributed by atoms with Crippen molar-refractivity contribution in [1.82, 2.24) is 14.4 Å². The third kappa shape index (κ3) is 3.22. The Labute approximate surface area is 224 Å². The second-order valence-corrected chi connectivity index (χ2v) is 12.6. The van der Waals surface area contributed by atoms with Crippen LogP contribution in [0.1, 0.15) is 0 Å². The molecule has 8 rings (SSSR count). The van der Waals surface area contributed by atoms with Crippen molar-refractivity contribution >= 4 is 72.4 Å². The zero-order valence-electron chi connectivity index (χ0n) is 20.9. The highest BCUT2D eigenvalue weighted by atomic mass is 31.2. The molecule has 0 amide bonds. The van der Waals surface area contributed by atoms with E-state index in [1.807, 2.05) is 97.1 Å². The number of nitrogens with zero attached hydrogens (tertiary/aromatic N) is 3. The number of pyridine rings is 2. The third-order valence-electron chi connectivity index (χ3n) is 7.61. The number of hydrogen-bond donors (Lipinski definition) is 0. The topological polar surface area (TPSA) is 47.3 Å². The van der Waals surface area contributed by atoms with Crippen molar-refractivity contribution in [2.75, 3.05) is 0 Å². The minimum Gasteiger partial charge on any atom is -0.309 e. The maximum absolute atomic E-state index is 15.0. The Morgan fingerprint density at radius 2 is 1.18 bits per heavy atom. The molecule has 5 aromatic carbocycles. The van der Waals surface area contributed by atoms with Crippen LogP contribution in [0.15, 0.2) is 133 Å². The molecule has 0 spiro atoms. The van der Waals surface area contributed by atoms with Gasteiger partial charge in [0.05, 0.1) is 27.6 Å². The Morgan fingerprint density at radius 1 is 0.513 bits per heavy atom. The average Bonchev–Trinajstić information content (AvgIpc) is 3.40. The fourth-order valence-corrected chi connectivity index (χ4v) is 8.44. The molecule has 4 nitrogen and oxygen atoms in total. The fraction of sp³-hybridized carbons (Fsp3) is 0. The summed E-state index contributed by atoms with van der Waals surface area (Å²) in [5, 5.41) is 5.55. The van der Waals surface area contributed by atoms with Crippen LogP contribution in [0.4, 0.5) is 0 Å². The van der Waals surface area contributed by atoms with Crippen molar-refractivity contribution in [2.24, 2.45) is 0 Å². The first-order valence-corrected chi connectivity index (χ1v) is 14.7. The van der Waals surface area contributed by atoms with E-state index in [2.05, 4.69) is 40.8 Å². The molecule has 0 radical (unpaired) electrons. The number of imidazole rings is 1. The zero-order chi connectivity index (χ0) is 26.0. The molecule has 0 aliphatic carbocycles. The summed E-state index contributed by atoms with van der Waals surface area (Å²) in [5.74, 6) is 0. The molecule has 0 saturated carbocycles. The molecule has 0 bridgehead atoms. The molecular weight excluding hydrogens is 497 g/mol. The van der Waals surface area contributed by atoms with Gasteiger partial charge >= 0.3 is 0 Å². The zero-order valence-corrected chi connectivity index (χ0v) is 21.8. The molecular formula is C34H22N3OP. The molecule has 3 heterocycles. The number of para-hydroxylation sites is 2. The summed E-state index contributed by atoms with van der Waals surface area (Å²) in [4.78, 5) is 10.2. The number of benzene rings is 5. The average molecular weight is 520 g/mol. The maximum Gasteiger partial charge on any atom is 0.171 e. The van der Waals surface area contributed by atoms with Crippen LogP contribution in [0, 0.1) is 0 Å². The number of aromatic nitrogens is 3. The third-order valence-corrected chi connectivity index (χ3v) is 10.7. The van der Waals surface area contributed by atoms with Crippen molar-refractivity contribution in [3.05, 3.63) is 133 Å². The minimum absolute atomic E-state index is 0.771. The van der Waals surface area contributed by atoms with Gasteiger partial charge in [-0.25, -0.2) is 9.97 Å². The molecule has 0 N–H and O–H groups in total. The predicted octanol–water partition coefficient (Wildman–Crippen LogP) is 6.98. The highest BCUT2D eigenvalue weighted by Gasteiger charge is 2.30. The lowest BCUT2D eigenvalue weighted by atomic mass is 10.1. The van der Waals surface area contributed by atoms with E-state index in [9.17, 15) is 0 Å². The predicted molar refractivity (Wildman–Crippen MR) is 162 cm³/mol. The molecule has 39 heavy (non-hydrogen) atoms. The van der Waals surface area contributed by atoms with E-state index in [-0.39, 0.29) is 0 Å². The lowest BCUT2D eigenvalue weighted by Crippen LogP contribution is -2.24. The summed E-state index contributed by atoms with van der Waals surface area (Å²) in [5.41, 5.74) is 5.59. The molecule has 0 aliphatic rings. The van der Waals surface area contributed by atoms with Crippen LogP contribution in [0.25, 0.3) is 49.4 Å². The molecule has 3 aromatic heterocycles. The van der Waals surface area contributed by atoms with Crippen molar-refractivity contribution in [3.63, 3.8) is 0 Å². The van der Waals surface area contributed by atoms with Crippen LogP contribution >= 0.6 is 7.14 Å². The van der Waals surface area contributed by atoms with E-state index in [4.69, 9.17) is 9.97 Å². The van der Waals surface area contributed by atoms with Gasteiger partial charge < -0.3 is 4.57 Å². The smallest absolute Gasteiger partial charge is 0.171 e. The van der Waals surface area contributed by atoms with E-state index >= 15 is 4.57 Å². The fourth-order valence-electron chi connectivity index (χ4n) is 5.77. The summed E-state index contributed by atoms with van der Waals surface area (Å²) in [6, 6.07) is 44.3. The monoisotopic (exact) mass is 519 g/mol. The van der Waals surface area contributed by atoms with Gasteiger partial charge in [0.15, 0.2) is 7.14 Å². The molecule has 8 aromatic rings. The molecule has 0 fully saturated rings. The van der Waals surface area contributed by atoms with Gasteiger partial charge in [0.2, 0.25) is 0 Å². The first-order chi connectivity index (χ1) is 19.2. The van der Waals surface area contributed by atoms with Crippen LogP contribution in [-0.4, -0.2) is 14.4 Å². The number of rotatable bonds is 3. The van der Waals surface area contributed by atoms with Gasteiger partial charge in [0.25, 0.3) is 0 Å². The molecule has 0 atom stereocenters. The normalized spacial score (nSPS) is 12.2. The van der Waals surface area contributed by atoms with E-state index in [1.54, 1.807) is 0 Å². The van der Waals surface area contributed by atoms with E-state index in [0.717, 1.165) is 65.3 Å². The number of hydrogen-bond acceptors (Lipinski definition) is 3. The Kier molecular flexibility index (Phi) is 4.76. The maximum atomic E-state index is 15.0. The summed E-state index contributed by atoms with van der Waals surface area (Å²) in [7, 11) is -3.11. The minimum atomic E-state index is -3.11. The second kappa shape index (κ2) is 8.36. The van der Waals surface area contributed by atoms with E-state index in [0.29, 0.717) is 0 Å². The molecule has 0 unspecified atom stereocenters. The van der Waals surface area contributed by atoms with Gasteiger partial charge in [-0.2, -0.15) is 0 Å². The summed E-state index contributed by atoms with van der Waals surface area (Å²) in [6.07, 6.45) is 0. The summed E-state index contributed by atoms with van der Waals surface area (Å²) < 4.78 is 17.2. The van der Waals surface area contributed by atoms with Crippen molar-refractivity contribution in [3.8, 4) is 0 Å². The van der Waals surface area contributed by atoms with Crippen LogP contribution < -0.4 is 15.9 Å². The number of fused-ring (bicyclic) bond motifs is 9. The van der Waals surface area contributed by atoms with Crippen LogP contribution in [-0.2, 0) is 4.57 Å². The quantitative estimate of drug-likeness (QED) is 0.144. The highest BCUT2D eigenvalue weighted by molar-refractivity contribution is 7.85. The van der Waals surface area contributed by atoms with Gasteiger partial charge in [0, 0.05) is 32.1 Å². The van der Waals surface area contributed by atoms with Gasteiger partial charge in [-0.15, -0.1) is 0 Å². The molecule has 184 valence electrons. The van der Waals surface area contributed by atoms with Gasteiger partial charge in [-0.05, 0) is 36.4 Å². The van der Waals surface area contributed by atoms with Crippen molar-refractivity contribution in [1.29, 1.82) is 0 Å². The Morgan fingerprint density at radius 3 is 1.95 bits per heavy atom. The molecule has 5 heteroatoms. The molecule has 0 aliphatic heterocycles. The summed E-state index contributed by atoms with van der Waals surface area (Å²) >= 11 is 0. The van der Waals surface area contributed by atoms with Gasteiger partial charge in [-0.1, -0.05) is 97.1 Å². The van der Waals surface area contributed by atoms with Crippen LogP contribution in [0.3, 0.4) is 0 Å². The van der Waals surface area contributed by atoms with Gasteiger partial charge in [-0.3, -0.25) is 4.40 Å². The lowest BCUT2D eigenvalue weighted by Gasteiger charge is -2.20. The van der Waals surface area contributed by atoms with Crippen molar-refractivity contribution in [2.45, 2.75) is 0 Å². The Hall–Kier alpha value is -4.79. The van der Waals surface area contributed by atoms with Crippen LogP contribution in [0.2, 0.25) is 0 Å². The van der Waals surface area contributed by atoms with E-state index < -0.39 is 7.14 Å². The first kappa shape index (κ1) is 22.2. The Balaban J connectivity index is 1.48. The second-order valence-electron chi connectivity index (χ2n) is 9.82. The van der Waals surface area contributed by atoms with Crippen molar-refractivity contribution < 1.29 is 4.57 Å². The summed E-state index contributed by atoms with van der Waals surface area (Å²) in [6.45, 7) is 0. The Bertz CT molecular complexity index is 2210. The van der Waals surface area contributed by atoms with Crippen LogP contribution in [0.5, 0.6) is 0 Å². The molecule has 0 saturated heterocycles. The largest absolute Gasteiger partial charge is 0.309 e. The SMILES string of the molecule is O=P(c1ccccc1)(c1ccccc1)c1ccc2c(c1)nc1c3cc4ccccc4nc3c3ccccc3n21. The first-order valence-electron chi connectivity index (χ1n) is 13.0. The highest BCUT2D eigenvalue weighted by Crippen LogP contribution is 2.43. The van der Waals surface area contributed by atoms with E-state index in [1.165, 1.54) is 0 Å². The van der Waals surface area contributed by atoms with Gasteiger partial charge in [0.1, 0.15) is 5.65 Å².